The zero-order valence-electron chi connectivity index (χ0n) is 17.2. The summed E-state index contributed by atoms with van der Waals surface area (Å²) in [6.45, 7) is 0.224. The minimum Gasteiger partial charge on any atom is -0.485 e. The van der Waals surface area contributed by atoms with Crippen LogP contribution in [0.3, 0.4) is 0 Å². The van der Waals surface area contributed by atoms with E-state index in [4.69, 9.17) is 21.1 Å². The SMILES string of the molecule is O=C(Cn1cc(C(F)(F)F)cc(Cl)c1=O)N1CCN(C(=O)[C@@H]2COc3ccccc3O2)CC1. The number of ether oxygens (including phenoxy) is 2. The van der Waals surface area contributed by atoms with Gasteiger partial charge in [0.25, 0.3) is 11.5 Å². The normalized spacial score (nSPS) is 18.2. The van der Waals surface area contributed by atoms with E-state index in [-0.39, 0.29) is 38.7 Å². The Morgan fingerprint density at radius 3 is 2.36 bits per heavy atom. The lowest BCUT2D eigenvalue weighted by Gasteiger charge is -2.37. The number of halogens is 4. The highest BCUT2D eigenvalue weighted by atomic mass is 35.5. The number of hydrogen-bond donors (Lipinski definition) is 0. The fourth-order valence-corrected chi connectivity index (χ4v) is 3.86. The van der Waals surface area contributed by atoms with Crippen LogP contribution in [0.5, 0.6) is 11.5 Å². The van der Waals surface area contributed by atoms with Gasteiger partial charge in [-0.2, -0.15) is 13.2 Å². The van der Waals surface area contributed by atoms with Crippen molar-refractivity contribution in [3.8, 4) is 11.5 Å². The van der Waals surface area contributed by atoms with E-state index in [1.807, 2.05) is 0 Å². The first-order valence-electron chi connectivity index (χ1n) is 10.1. The third-order valence-electron chi connectivity index (χ3n) is 5.40. The van der Waals surface area contributed by atoms with Gasteiger partial charge >= 0.3 is 6.18 Å². The lowest BCUT2D eigenvalue weighted by atomic mass is 10.2. The molecule has 176 valence electrons. The average molecular weight is 486 g/mol. The van der Waals surface area contributed by atoms with Crippen molar-refractivity contribution in [2.75, 3.05) is 32.8 Å². The third kappa shape index (κ3) is 4.92. The maximum atomic E-state index is 13.0. The summed E-state index contributed by atoms with van der Waals surface area (Å²) in [6.07, 6.45) is -4.95. The van der Waals surface area contributed by atoms with Gasteiger partial charge in [-0.3, -0.25) is 14.4 Å². The molecule has 2 aliphatic heterocycles. The molecule has 0 N–H and O–H groups in total. The van der Waals surface area contributed by atoms with E-state index in [0.717, 1.165) is 0 Å². The van der Waals surface area contributed by atoms with Gasteiger partial charge in [0.15, 0.2) is 11.5 Å². The van der Waals surface area contributed by atoms with E-state index in [1.165, 1.54) is 4.90 Å². The molecule has 33 heavy (non-hydrogen) atoms. The van der Waals surface area contributed by atoms with Crippen LogP contribution in [0.15, 0.2) is 41.3 Å². The van der Waals surface area contributed by atoms with Crippen LogP contribution in [0.4, 0.5) is 13.2 Å². The molecule has 2 aliphatic rings. The minimum atomic E-state index is -4.71. The van der Waals surface area contributed by atoms with Crippen molar-refractivity contribution < 1.29 is 32.2 Å². The second-order valence-electron chi connectivity index (χ2n) is 7.58. The average Bonchev–Trinajstić information content (AvgIpc) is 2.80. The molecule has 0 bridgehead atoms. The van der Waals surface area contributed by atoms with Crippen LogP contribution in [-0.4, -0.2) is 65.1 Å². The predicted molar refractivity (Wildman–Crippen MR) is 110 cm³/mol. The molecule has 1 atom stereocenters. The summed E-state index contributed by atoms with van der Waals surface area (Å²) in [5.41, 5.74) is -2.01. The van der Waals surface area contributed by atoms with E-state index < -0.39 is 40.9 Å². The first kappa shape index (κ1) is 23.0. The first-order valence-corrected chi connectivity index (χ1v) is 10.4. The molecular formula is C21H19ClF3N3O5. The molecule has 0 unspecified atom stereocenters. The van der Waals surface area contributed by atoms with E-state index in [1.54, 1.807) is 29.2 Å². The molecule has 12 heteroatoms. The molecule has 0 spiro atoms. The maximum absolute atomic E-state index is 13.0. The number of piperazine rings is 1. The molecule has 1 aromatic carbocycles. The number of fused-ring (bicyclic) bond motifs is 1. The molecule has 4 rings (SSSR count). The van der Waals surface area contributed by atoms with Crippen molar-refractivity contribution in [3.05, 3.63) is 57.5 Å². The van der Waals surface area contributed by atoms with E-state index in [9.17, 15) is 27.6 Å². The lowest BCUT2D eigenvalue weighted by Crippen LogP contribution is -2.55. The molecule has 2 amide bonds. The van der Waals surface area contributed by atoms with Gasteiger partial charge in [0.05, 0.1) is 5.56 Å². The van der Waals surface area contributed by atoms with Crippen molar-refractivity contribution in [1.82, 2.24) is 14.4 Å². The lowest BCUT2D eigenvalue weighted by molar-refractivity contribution is -0.146. The van der Waals surface area contributed by atoms with Gasteiger partial charge in [-0.25, -0.2) is 0 Å². The fourth-order valence-electron chi connectivity index (χ4n) is 3.64. The minimum absolute atomic E-state index is 0.0637. The molecule has 8 nitrogen and oxygen atoms in total. The summed E-state index contributed by atoms with van der Waals surface area (Å²) in [5, 5.41) is -0.621. The number of nitrogens with zero attached hydrogens (tertiary/aromatic N) is 3. The van der Waals surface area contributed by atoms with E-state index in [0.29, 0.717) is 28.3 Å². The summed E-state index contributed by atoms with van der Waals surface area (Å²) < 4.78 is 50.9. The van der Waals surface area contributed by atoms with Gasteiger partial charge in [0.2, 0.25) is 12.0 Å². The number of hydrogen-bond acceptors (Lipinski definition) is 5. The molecule has 1 fully saturated rings. The molecule has 1 saturated heterocycles. The van der Waals surface area contributed by atoms with Crippen molar-refractivity contribution in [1.29, 1.82) is 0 Å². The number of para-hydroxylation sites is 2. The molecular weight excluding hydrogens is 467 g/mol. The highest BCUT2D eigenvalue weighted by Crippen LogP contribution is 2.31. The van der Waals surface area contributed by atoms with Crippen LogP contribution in [0.2, 0.25) is 5.02 Å². The summed E-state index contributed by atoms with van der Waals surface area (Å²) in [7, 11) is 0. The number of pyridine rings is 1. The number of carbonyl (C=O) groups is 2. The number of alkyl halides is 3. The third-order valence-corrected chi connectivity index (χ3v) is 5.67. The second-order valence-corrected chi connectivity index (χ2v) is 7.99. The first-order chi connectivity index (χ1) is 15.6. The quantitative estimate of drug-likeness (QED) is 0.664. The van der Waals surface area contributed by atoms with Crippen LogP contribution in [0.1, 0.15) is 5.56 Å². The summed E-state index contributed by atoms with van der Waals surface area (Å²) in [5.74, 6) is 0.200. The Morgan fingerprint density at radius 1 is 1.06 bits per heavy atom. The smallest absolute Gasteiger partial charge is 0.417 e. The number of carbonyl (C=O) groups excluding carboxylic acids is 2. The fraction of sp³-hybridized carbons (Fsp3) is 0.381. The number of aromatic nitrogens is 1. The summed E-state index contributed by atoms with van der Waals surface area (Å²) in [6, 6.07) is 7.53. The Kier molecular flexibility index (Phi) is 6.24. The van der Waals surface area contributed by atoms with Gasteiger partial charge in [0, 0.05) is 32.4 Å². The summed E-state index contributed by atoms with van der Waals surface area (Å²) >= 11 is 5.63. The zero-order chi connectivity index (χ0) is 23.8. The van der Waals surface area contributed by atoms with E-state index in [2.05, 4.69) is 0 Å². The standard InChI is InChI=1S/C21H19ClF3N3O5/c22-14-9-13(21(23,24)25)10-28(19(14)30)11-18(29)26-5-7-27(8-6-26)20(31)17-12-32-15-3-1-2-4-16(15)33-17/h1-4,9-10,17H,5-8,11-12H2/t17-/m0/s1. The van der Waals surface area contributed by atoms with Crippen LogP contribution >= 0.6 is 11.6 Å². The van der Waals surface area contributed by atoms with Gasteiger partial charge in [-0.15, -0.1) is 0 Å². The maximum Gasteiger partial charge on any atom is 0.417 e. The van der Waals surface area contributed by atoms with Crippen LogP contribution < -0.4 is 15.0 Å². The molecule has 3 heterocycles. The Balaban J connectivity index is 1.36. The van der Waals surface area contributed by atoms with Gasteiger partial charge < -0.3 is 23.8 Å². The monoisotopic (exact) mass is 485 g/mol. The Hall–Kier alpha value is -3.21. The molecule has 0 saturated carbocycles. The number of amides is 2. The largest absolute Gasteiger partial charge is 0.485 e. The van der Waals surface area contributed by atoms with Crippen molar-refractivity contribution in [2.24, 2.45) is 0 Å². The van der Waals surface area contributed by atoms with Crippen LogP contribution in [0, 0.1) is 0 Å². The second kappa shape index (κ2) is 8.97. The molecule has 0 radical (unpaired) electrons. The predicted octanol–water partition coefficient (Wildman–Crippen LogP) is 2.03. The van der Waals surface area contributed by atoms with Gasteiger partial charge in [-0.1, -0.05) is 23.7 Å². The van der Waals surface area contributed by atoms with Crippen LogP contribution in [0.25, 0.3) is 0 Å². The molecule has 0 aliphatic carbocycles. The topological polar surface area (TPSA) is 81.1 Å². The highest BCUT2D eigenvalue weighted by molar-refractivity contribution is 6.30. The molecule has 2 aromatic rings. The Morgan fingerprint density at radius 2 is 1.70 bits per heavy atom. The summed E-state index contributed by atoms with van der Waals surface area (Å²) in [4.78, 5) is 40.4. The van der Waals surface area contributed by atoms with Crippen molar-refractivity contribution in [2.45, 2.75) is 18.8 Å². The van der Waals surface area contributed by atoms with Crippen LogP contribution in [-0.2, 0) is 22.3 Å². The Bertz CT molecular complexity index is 1130. The van der Waals surface area contributed by atoms with Crippen molar-refractivity contribution >= 4 is 23.4 Å². The van der Waals surface area contributed by atoms with Gasteiger partial charge in [-0.05, 0) is 18.2 Å². The number of rotatable bonds is 3. The van der Waals surface area contributed by atoms with Gasteiger partial charge in [0.1, 0.15) is 18.2 Å². The van der Waals surface area contributed by atoms with E-state index >= 15 is 0 Å². The number of benzene rings is 1. The highest BCUT2D eigenvalue weighted by Gasteiger charge is 2.34. The Labute approximate surface area is 191 Å². The molecule has 1 aromatic heterocycles. The van der Waals surface area contributed by atoms with Crippen molar-refractivity contribution in [3.63, 3.8) is 0 Å². The zero-order valence-corrected chi connectivity index (χ0v) is 17.9.